The second kappa shape index (κ2) is 6.74. The molecule has 7 nitrogen and oxygen atoms in total. The predicted octanol–water partition coefficient (Wildman–Crippen LogP) is 0.422. The minimum Gasteiger partial charge on any atom is -0.469 e. The second-order valence-electron chi connectivity index (χ2n) is 4.71. The van der Waals surface area contributed by atoms with Gasteiger partial charge in [0.1, 0.15) is 0 Å². The molecule has 1 saturated heterocycles. The third kappa shape index (κ3) is 3.95. The standard InChI is InChI=1S/C14H17N3O4/c1-21-13(19)11-7-12(18)16-17(9-11)14(20)15-8-10-5-3-2-4-6-10/h2-6,11H,7-9H2,1H3,(H,15,20)(H,16,18). The molecule has 1 fully saturated rings. The summed E-state index contributed by atoms with van der Waals surface area (Å²) in [6.07, 6.45) is 0.0230. The normalized spacial score (nSPS) is 17.9. The van der Waals surface area contributed by atoms with Gasteiger partial charge in [-0.2, -0.15) is 0 Å². The quantitative estimate of drug-likeness (QED) is 0.790. The van der Waals surface area contributed by atoms with Crippen molar-refractivity contribution in [3.8, 4) is 0 Å². The molecule has 0 aromatic heterocycles. The molecule has 0 saturated carbocycles. The zero-order valence-electron chi connectivity index (χ0n) is 11.7. The van der Waals surface area contributed by atoms with E-state index in [9.17, 15) is 14.4 Å². The Hall–Kier alpha value is -2.57. The number of rotatable bonds is 3. The van der Waals surface area contributed by atoms with Gasteiger partial charge < -0.3 is 10.1 Å². The van der Waals surface area contributed by atoms with E-state index in [1.165, 1.54) is 7.11 Å². The van der Waals surface area contributed by atoms with E-state index in [0.717, 1.165) is 10.6 Å². The Morgan fingerprint density at radius 3 is 2.76 bits per heavy atom. The number of urea groups is 1. The Morgan fingerprint density at radius 2 is 2.10 bits per heavy atom. The predicted molar refractivity (Wildman–Crippen MR) is 73.6 cm³/mol. The lowest BCUT2D eigenvalue weighted by molar-refractivity contribution is -0.151. The number of benzene rings is 1. The van der Waals surface area contributed by atoms with Crippen molar-refractivity contribution in [3.05, 3.63) is 35.9 Å². The van der Waals surface area contributed by atoms with Crippen molar-refractivity contribution in [2.45, 2.75) is 13.0 Å². The van der Waals surface area contributed by atoms with Gasteiger partial charge in [-0.3, -0.25) is 15.0 Å². The molecule has 1 aliphatic heterocycles. The molecule has 1 aliphatic rings. The number of ether oxygens (including phenoxy) is 1. The third-order valence-electron chi connectivity index (χ3n) is 3.16. The first kappa shape index (κ1) is 14.8. The monoisotopic (exact) mass is 291 g/mol. The second-order valence-corrected chi connectivity index (χ2v) is 4.71. The number of carbonyl (C=O) groups is 3. The minimum atomic E-state index is -0.633. The number of methoxy groups -OCH3 is 1. The summed E-state index contributed by atoms with van der Waals surface area (Å²) in [4.78, 5) is 35.1. The number of hydrazine groups is 1. The largest absolute Gasteiger partial charge is 0.469 e. The molecule has 1 aromatic rings. The number of carbonyl (C=O) groups excluding carboxylic acids is 3. The average Bonchev–Trinajstić information content (AvgIpc) is 2.52. The van der Waals surface area contributed by atoms with Gasteiger partial charge in [0.15, 0.2) is 0 Å². The summed E-state index contributed by atoms with van der Waals surface area (Å²) in [6.45, 7) is 0.438. The maximum absolute atomic E-state index is 12.0. The summed E-state index contributed by atoms with van der Waals surface area (Å²) in [5.41, 5.74) is 3.38. The maximum Gasteiger partial charge on any atom is 0.336 e. The Bertz CT molecular complexity index is 532. The summed E-state index contributed by atoms with van der Waals surface area (Å²) in [6, 6.07) is 8.94. The summed E-state index contributed by atoms with van der Waals surface area (Å²) in [5.74, 6) is -1.51. The lowest BCUT2D eigenvalue weighted by Crippen LogP contribution is -2.57. The third-order valence-corrected chi connectivity index (χ3v) is 3.16. The van der Waals surface area contributed by atoms with Crippen LogP contribution in [-0.4, -0.2) is 36.6 Å². The van der Waals surface area contributed by atoms with Gasteiger partial charge in [-0.1, -0.05) is 30.3 Å². The van der Waals surface area contributed by atoms with Crippen LogP contribution in [0.3, 0.4) is 0 Å². The fourth-order valence-electron chi connectivity index (χ4n) is 2.08. The fourth-order valence-corrected chi connectivity index (χ4v) is 2.08. The molecule has 0 aliphatic carbocycles. The van der Waals surface area contributed by atoms with Crippen LogP contribution in [0.25, 0.3) is 0 Å². The number of nitrogens with zero attached hydrogens (tertiary/aromatic N) is 1. The fraction of sp³-hybridized carbons (Fsp3) is 0.357. The molecular formula is C14H17N3O4. The average molecular weight is 291 g/mol. The van der Waals surface area contributed by atoms with Crippen molar-refractivity contribution in [3.63, 3.8) is 0 Å². The summed E-state index contributed by atoms with van der Waals surface area (Å²) >= 11 is 0. The highest BCUT2D eigenvalue weighted by Gasteiger charge is 2.33. The first-order valence-corrected chi connectivity index (χ1v) is 6.56. The molecule has 1 heterocycles. The van der Waals surface area contributed by atoms with E-state index in [1.807, 2.05) is 30.3 Å². The zero-order valence-corrected chi connectivity index (χ0v) is 11.7. The van der Waals surface area contributed by atoms with E-state index in [2.05, 4.69) is 15.5 Å². The SMILES string of the molecule is COC(=O)C1CC(=O)NN(C(=O)NCc2ccccc2)C1. The van der Waals surface area contributed by atoms with Crippen LogP contribution < -0.4 is 10.7 Å². The van der Waals surface area contributed by atoms with E-state index in [4.69, 9.17) is 0 Å². The van der Waals surface area contributed by atoms with Crippen molar-refractivity contribution in [1.29, 1.82) is 0 Å². The smallest absolute Gasteiger partial charge is 0.336 e. The molecule has 2 N–H and O–H groups in total. The molecule has 0 radical (unpaired) electrons. The van der Waals surface area contributed by atoms with Gasteiger partial charge in [0.25, 0.3) is 0 Å². The first-order chi connectivity index (χ1) is 10.1. The maximum atomic E-state index is 12.0. The number of hydrogen-bond acceptors (Lipinski definition) is 4. The van der Waals surface area contributed by atoms with E-state index in [0.29, 0.717) is 6.54 Å². The van der Waals surface area contributed by atoms with Crippen LogP contribution in [0.15, 0.2) is 30.3 Å². The Labute approximate surface area is 122 Å². The Morgan fingerprint density at radius 1 is 1.38 bits per heavy atom. The van der Waals surface area contributed by atoms with Gasteiger partial charge in [-0.15, -0.1) is 0 Å². The van der Waals surface area contributed by atoms with Gasteiger partial charge in [-0.25, -0.2) is 9.80 Å². The molecule has 0 spiro atoms. The van der Waals surface area contributed by atoms with Crippen molar-refractivity contribution in [2.24, 2.45) is 5.92 Å². The number of esters is 1. The Kier molecular flexibility index (Phi) is 4.76. The van der Waals surface area contributed by atoms with Crippen molar-refractivity contribution >= 4 is 17.9 Å². The van der Waals surface area contributed by atoms with Gasteiger partial charge in [0.2, 0.25) is 5.91 Å². The number of nitrogens with one attached hydrogen (secondary N) is 2. The molecular weight excluding hydrogens is 274 g/mol. The summed E-state index contributed by atoms with van der Waals surface area (Å²) < 4.78 is 4.62. The lowest BCUT2D eigenvalue weighted by atomic mass is 10.0. The van der Waals surface area contributed by atoms with Gasteiger partial charge >= 0.3 is 12.0 Å². The molecule has 0 bridgehead atoms. The molecule has 7 heteroatoms. The number of hydrogen-bond donors (Lipinski definition) is 2. The lowest BCUT2D eigenvalue weighted by Gasteiger charge is -2.31. The van der Waals surface area contributed by atoms with Crippen LogP contribution in [0, 0.1) is 5.92 Å². The van der Waals surface area contributed by atoms with E-state index < -0.39 is 17.9 Å². The van der Waals surface area contributed by atoms with E-state index in [-0.39, 0.29) is 18.9 Å². The van der Waals surface area contributed by atoms with Gasteiger partial charge in [0.05, 0.1) is 19.6 Å². The topological polar surface area (TPSA) is 87.7 Å². The highest BCUT2D eigenvalue weighted by Crippen LogP contribution is 2.12. The highest BCUT2D eigenvalue weighted by atomic mass is 16.5. The minimum absolute atomic E-state index is 0.0230. The van der Waals surface area contributed by atoms with E-state index in [1.54, 1.807) is 0 Å². The molecule has 1 atom stereocenters. The molecule has 2 rings (SSSR count). The van der Waals surface area contributed by atoms with Gasteiger partial charge in [-0.05, 0) is 5.56 Å². The van der Waals surface area contributed by atoms with Crippen LogP contribution in [-0.2, 0) is 20.9 Å². The Balaban J connectivity index is 1.92. The van der Waals surface area contributed by atoms with Crippen molar-refractivity contribution < 1.29 is 19.1 Å². The van der Waals surface area contributed by atoms with Crippen LogP contribution in [0.5, 0.6) is 0 Å². The van der Waals surface area contributed by atoms with Crippen LogP contribution >= 0.6 is 0 Å². The molecule has 21 heavy (non-hydrogen) atoms. The summed E-state index contributed by atoms with van der Waals surface area (Å²) in [5, 5.41) is 3.79. The molecule has 1 aromatic carbocycles. The number of amides is 3. The van der Waals surface area contributed by atoms with Crippen molar-refractivity contribution in [1.82, 2.24) is 15.8 Å². The molecule has 3 amide bonds. The van der Waals surface area contributed by atoms with Crippen LogP contribution in [0.2, 0.25) is 0 Å². The molecule has 1 unspecified atom stereocenters. The summed E-state index contributed by atoms with van der Waals surface area (Å²) in [7, 11) is 1.26. The van der Waals surface area contributed by atoms with Crippen LogP contribution in [0.4, 0.5) is 4.79 Å². The highest BCUT2D eigenvalue weighted by molar-refractivity contribution is 5.87. The van der Waals surface area contributed by atoms with Crippen LogP contribution in [0.1, 0.15) is 12.0 Å². The zero-order chi connectivity index (χ0) is 15.2. The van der Waals surface area contributed by atoms with E-state index >= 15 is 0 Å². The van der Waals surface area contributed by atoms with Gasteiger partial charge in [0, 0.05) is 13.0 Å². The van der Waals surface area contributed by atoms with Crippen molar-refractivity contribution in [2.75, 3.05) is 13.7 Å². The first-order valence-electron chi connectivity index (χ1n) is 6.56. The molecule has 112 valence electrons.